The molecule has 0 aliphatic carbocycles. The van der Waals surface area contributed by atoms with Gasteiger partial charge in [0.15, 0.2) is 0 Å². The van der Waals surface area contributed by atoms with Gasteiger partial charge in [-0.15, -0.1) is 5.10 Å². The maximum Gasteiger partial charge on any atom is 0.418 e. The number of carbonyl (C=O) groups is 1. The van der Waals surface area contributed by atoms with Gasteiger partial charge in [0.1, 0.15) is 5.69 Å². The molecule has 0 bridgehead atoms. The summed E-state index contributed by atoms with van der Waals surface area (Å²) < 4.78 is 11.1. The predicted octanol–water partition coefficient (Wildman–Crippen LogP) is 4.69. The Balaban J connectivity index is 1.54. The predicted molar refractivity (Wildman–Crippen MR) is 102 cm³/mol. The number of rotatable bonds is 3. The molecule has 0 atom stereocenters. The quantitative estimate of drug-likeness (QED) is 0.573. The van der Waals surface area contributed by atoms with Crippen molar-refractivity contribution >= 4 is 28.8 Å². The third-order valence-electron chi connectivity index (χ3n) is 4.07. The van der Waals surface area contributed by atoms with Gasteiger partial charge in [0.25, 0.3) is 0 Å². The highest BCUT2D eigenvalue weighted by molar-refractivity contribution is 7.07. The highest BCUT2D eigenvalue weighted by Crippen LogP contribution is 2.28. The van der Waals surface area contributed by atoms with Crippen LogP contribution in [0, 0.1) is 13.8 Å². The minimum absolute atomic E-state index is 0.398. The number of ether oxygens (including phenoxy) is 1. The molecule has 4 rings (SSSR count). The average molecular weight is 364 g/mol. The monoisotopic (exact) mass is 364 g/mol. The third kappa shape index (κ3) is 3.04. The highest BCUT2D eigenvalue weighted by Gasteiger charge is 2.12. The second-order valence-electron chi connectivity index (χ2n) is 5.91. The summed E-state index contributed by atoms with van der Waals surface area (Å²) >= 11 is 1.04. The van der Waals surface area contributed by atoms with E-state index in [0.29, 0.717) is 16.4 Å². The van der Waals surface area contributed by atoms with Crippen LogP contribution in [0.25, 0.3) is 16.8 Å². The topological polar surface area (TPSA) is 68.5 Å². The minimum atomic E-state index is -0.559. The summed E-state index contributed by atoms with van der Waals surface area (Å²) in [6, 6.07) is 16.0. The van der Waals surface area contributed by atoms with Crippen molar-refractivity contribution in [3.63, 3.8) is 0 Å². The number of carbonyl (C=O) groups excluding carboxylic acids is 1. The molecule has 0 spiro atoms. The molecule has 0 aliphatic heterocycles. The number of amides is 1. The van der Waals surface area contributed by atoms with Gasteiger partial charge in [0.05, 0.1) is 5.69 Å². The Bertz CT molecular complexity index is 1080. The second kappa shape index (κ2) is 6.61. The zero-order valence-corrected chi connectivity index (χ0v) is 15.1. The zero-order valence-electron chi connectivity index (χ0n) is 14.3. The van der Waals surface area contributed by atoms with Crippen molar-refractivity contribution < 1.29 is 9.53 Å². The Morgan fingerprint density at radius 2 is 1.96 bits per heavy atom. The number of nitrogens with zero attached hydrogens (tertiary/aromatic N) is 3. The molecule has 26 heavy (non-hydrogen) atoms. The van der Waals surface area contributed by atoms with Gasteiger partial charge in [-0.25, -0.2) is 4.79 Å². The van der Waals surface area contributed by atoms with Crippen molar-refractivity contribution in [2.24, 2.45) is 0 Å². The number of hydrogen-bond donors (Lipinski definition) is 1. The van der Waals surface area contributed by atoms with E-state index in [9.17, 15) is 4.79 Å². The van der Waals surface area contributed by atoms with Crippen LogP contribution in [-0.2, 0) is 0 Å². The maximum atomic E-state index is 12.0. The molecule has 3 heterocycles. The van der Waals surface area contributed by atoms with Gasteiger partial charge in [0, 0.05) is 28.9 Å². The van der Waals surface area contributed by atoms with E-state index in [0.717, 1.165) is 28.3 Å². The van der Waals surface area contributed by atoms with Crippen molar-refractivity contribution in [2.45, 2.75) is 13.8 Å². The van der Waals surface area contributed by atoms with Gasteiger partial charge < -0.3 is 9.14 Å². The van der Waals surface area contributed by atoms with Crippen molar-refractivity contribution in [3.8, 4) is 16.3 Å². The lowest BCUT2D eigenvalue weighted by molar-refractivity contribution is 0.216. The first-order chi connectivity index (χ1) is 12.6. The molecule has 3 aromatic heterocycles. The number of aromatic nitrogens is 3. The first-order valence-electron chi connectivity index (χ1n) is 8.07. The van der Waals surface area contributed by atoms with Gasteiger partial charge in [-0.05, 0) is 55.3 Å². The molecule has 6 nitrogen and oxygen atoms in total. The molecular formula is C19H16N4O2S. The Kier molecular flexibility index (Phi) is 4.14. The molecule has 0 fully saturated rings. The molecule has 0 aliphatic rings. The summed E-state index contributed by atoms with van der Waals surface area (Å²) in [5, 5.41) is 6.92. The number of nitrogens with one attached hydrogen (secondary N) is 1. The van der Waals surface area contributed by atoms with Crippen LogP contribution in [0.4, 0.5) is 10.5 Å². The van der Waals surface area contributed by atoms with E-state index < -0.39 is 6.09 Å². The first kappa shape index (κ1) is 16.3. The molecule has 4 aromatic rings. The summed E-state index contributed by atoms with van der Waals surface area (Å²) in [4.78, 5) is 12.0. The van der Waals surface area contributed by atoms with Crippen LogP contribution in [0.3, 0.4) is 0 Å². The number of benzene rings is 1. The normalized spacial score (nSPS) is 10.8. The zero-order chi connectivity index (χ0) is 18.1. The van der Waals surface area contributed by atoms with Crippen LogP contribution in [0.5, 0.6) is 5.06 Å². The average Bonchev–Trinajstić information content (AvgIpc) is 3.18. The van der Waals surface area contributed by atoms with Gasteiger partial charge in [0.2, 0.25) is 5.06 Å². The number of aryl methyl sites for hydroxylation is 2. The van der Waals surface area contributed by atoms with Crippen LogP contribution in [0.15, 0.2) is 54.7 Å². The number of hydrogen-bond acceptors (Lipinski definition) is 5. The van der Waals surface area contributed by atoms with Crippen LogP contribution < -0.4 is 10.1 Å². The summed E-state index contributed by atoms with van der Waals surface area (Å²) in [7, 11) is 0. The molecule has 0 saturated heterocycles. The third-order valence-corrected chi connectivity index (χ3v) is 4.78. The van der Waals surface area contributed by atoms with Crippen LogP contribution in [0.2, 0.25) is 0 Å². The van der Waals surface area contributed by atoms with Crippen molar-refractivity contribution in [2.75, 3.05) is 5.32 Å². The van der Waals surface area contributed by atoms with Crippen LogP contribution in [-0.4, -0.2) is 20.1 Å². The number of fused-ring (bicyclic) bond motifs is 1. The van der Waals surface area contributed by atoms with Gasteiger partial charge >= 0.3 is 6.09 Å². The molecular weight excluding hydrogens is 348 g/mol. The fourth-order valence-corrected chi connectivity index (χ4v) is 3.40. The Hall–Kier alpha value is -3.19. The standard InChI is InChI=1S/C19H16N4O2S/c1-12-11-16-5-3-4-10-23(16)17(12)14-6-8-15(9-7-14)20-19(24)25-18-13(2)21-22-26-18/h3-11H,1-2H3,(H,20,24). The second-order valence-corrected chi connectivity index (χ2v) is 6.63. The molecule has 1 N–H and O–H groups in total. The summed E-state index contributed by atoms with van der Waals surface area (Å²) in [6.07, 6.45) is 1.49. The van der Waals surface area contributed by atoms with Crippen LogP contribution in [0.1, 0.15) is 11.3 Å². The fourth-order valence-electron chi connectivity index (χ4n) is 2.88. The Morgan fingerprint density at radius 1 is 1.15 bits per heavy atom. The van der Waals surface area contributed by atoms with Gasteiger partial charge in [-0.3, -0.25) is 5.32 Å². The summed E-state index contributed by atoms with van der Waals surface area (Å²) in [5.74, 6) is 0. The minimum Gasteiger partial charge on any atom is -0.395 e. The van der Waals surface area contributed by atoms with Crippen molar-refractivity contribution in [3.05, 3.63) is 66.0 Å². The van der Waals surface area contributed by atoms with Crippen molar-refractivity contribution in [1.29, 1.82) is 0 Å². The largest absolute Gasteiger partial charge is 0.418 e. The lowest BCUT2D eigenvalue weighted by Crippen LogP contribution is -2.16. The van der Waals surface area contributed by atoms with E-state index in [1.54, 1.807) is 6.92 Å². The molecule has 0 saturated carbocycles. The van der Waals surface area contributed by atoms with E-state index in [4.69, 9.17) is 4.74 Å². The van der Waals surface area contributed by atoms with Gasteiger partial charge in [-0.2, -0.15) is 0 Å². The van der Waals surface area contributed by atoms with Crippen LogP contribution >= 0.6 is 11.5 Å². The number of pyridine rings is 1. The first-order valence-corrected chi connectivity index (χ1v) is 8.84. The SMILES string of the molecule is Cc1cc2ccccn2c1-c1ccc(NC(=O)Oc2snnc2C)cc1. The van der Waals surface area contributed by atoms with E-state index in [1.807, 2.05) is 42.6 Å². The lowest BCUT2D eigenvalue weighted by Gasteiger charge is -2.08. The fraction of sp³-hybridized carbons (Fsp3) is 0.105. The summed E-state index contributed by atoms with van der Waals surface area (Å²) in [5.41, 5.74) is 5.82. The molecule has 7 heteroatoms. The Morgan fingerprint density at radius 3 is 2.69 bits per heavy atom. The maximum absolute atomic E-state index is 12.0. The number of anilines is 1. The Labute approximate surface area is 154 Å². The molecule has 1 amide bonds. The lowest BCUT2D eigenvalue weighted by atomic mass is 10.1. The molecule has 1 aromatic carbocycles. The van der Waals surface area contributed by atoms with E-state index in [2.05, 4.69) is 38.4 Å². The van der Waals surface area contributed by atoms with E-state index in [-0.39, 0.29) is 0 Å². The molecule has 0 unspecified atom stereocenters. The van der Waals surface area contributed by atoms with E-state index >= 15 is 0 Å². The highest BCUT2D eigenvalue weighted by atomic mass is 32.1. The molecule has 130 valence electrons. The van der Waals surface area contributed by atoms with Gasteiger partial charge in [-0.1, -0.05) is 22.7 Å². The summed E-state index contributed by atoms with van der Waals surface area (Å²) in [6.45, 7) is 3.84. The smallest absolute Gasteiger partial charge is 0.395 e. The van der Waals surface area contributed by atoms with Crippen molar-refractivity contribution in [1.82, 2.24) is 14.0 Å². The molecule has 0 radical (unpaired) electrons. The van der Waals surface area contributed by atoms with E-state index in [1.165, 1.54) is 5.56 Å².